The van der Waals surface area contributed by atoms with Crippen LogP contribution in [0, 0.1) is 6.92 Å². The van der Waals surface area contributed by atoms with E-state index in [0.717, 1.165) is 5.69 Å². The van der Waals surface area contributed by atoms with Crippen LogP contribution in [0.1, 0.15) is 25.3 Å². The predicted molar refractivity (Wildman–Crippen MR) is 92.6 cm³/mol. The Morgan fingerprint density at radius 3 is 2.60 bits per heavy atom. The first kappa shape index (κ1) is 18.7. The lowest BCUT2D eigenvalue weighted by atomic mass is 10.2. The molecule has 0 fully saturated rings. The number of anilines is 1. The fourth-order valence-corrected chi connectivity index (χ4v) is 1.48. The summed E-state index contributed by atoms with van der Waals surface area (Å²) >= 11 is 0. The van der Waals surface area contributed by atoms with Crippen LogP contribution >= 0.6 is 24.0 Å². The van der Waals surface area contributed by atoms with Crippen LogP contribution in [-0.4, -0.2) is 25.1 Å². The number of hydrogen-bond acceptors (Lipinski definition) is 3. The summed E-state index contributed by atoms with van der Waals surface area (Å²) in [5.41, 5.74) is 7.83. The number of aryl methyl sites for hydroxylation is 1. The Balaban J connectivity index is 0.00000361. The average molecular weight is 391 g/mol. The van der Waals surface area contributed by atoms with Gasteiger partial charge in [-0.1, -0.05) is 17.7 Å². The first-order valence-electron chi connectivity index (χ1n) is 6.41. The third-order valence-electron chi connectivity index (χ3n) is 2.45. The number of guanidine groups is 1. The van der Waals surface area contributed by atoms with Crippen molar-refractivity contribution in [1.82, 2.24) is 0 Å². The molecule has 0 amide bonds. The molecule has 1 rings (SSSR count). The molecule has 0 atom stereocenters. The highest BCUT2D eigenvalue weighted by molar-refractivity contribution is 14.0. The third-order valence-corrected chi connectivity index (χ3v) is 2.45. The van der Waals surface area contributed by atoms with Crippen molar-refractivity contribution in [2.24, 2.45) is 10.7 Å². The van der Waals surface area contributed by atoms with E-state index in [1.54, 1.807) is 6.92 Å². The molecule has 0 unspecified atom stereocenters. The number of carbonyl (C=O) groups excluding carboxylic acids is 1. The zero-order valence-corrected chi connectivity index (χ0v) is 14.2. The molecule has 0 spiro atoms. The molecule has 112 valence electrons. The minimum Gasteiger partial charge on any atom is -0.466 e. The molecule has 0 aliphatic heterocycles. The van der Waals surface area contributed by atoms with E-state index in [0.29, 0.717) is 32.0 Å². The van der Waals surface area contributed by atoms with Crippen molar-refractivity contribution in [3.63, 3.8) is 0 Å². The summed E-state index contributed by atoms with van der Waals surface area (Å²) in [5.74, 6) is 0.162. The number of rotatable bonds is 6. The first-order valence-corrected chi connectivity index (χ1v) is 6.41. The molecule has 1 aromatic carbocycles. The van der Waals surface area contributed by atoms with Crippen LogP contribution < -0.4 is 11.1 Å². The highest BCUT2D eigenvalue weighted by Gasteiger charge is 2.00. The molecule has 0 aliphatic rings. The molecule has 20 heavy (non-hydrogen) atoms. The van der Waals surface area contributed by atoms with E-state index >= 15 is 0 Å². The summed E-state index contributed by atoms with van der Waals surface area (Å²) in [5, 5.41) is 2.99. The molecule has 3 N–H and O–H groups in total. The molecular formula is C14H22IN3O2. The highest BCUT2D eigenvalue weighted by Crippen LogP contribution is 2.07. The van der Waals surface area contributed by atoms with Gasteiger partial charge in [-0.2, -0.15) is 0 Å². The summed E-state index contributed by atoms with van der Waals surface area (Å²) in [6.07, 6.45) is 1.00. The van der Waals surface area contributed by atoms with Gasteiger partial charge in [0.05, 0.1) is 6.61 Å². The number of benzene rings is 1. The number of nitrogens with zero attached hydrogens (tertiary/aromatic N) is 1. The fraction of sp³-hybridized carbons (Fsp3) is 0.429. The van der Waals surface area contributed by atoms with Crippen molar-refractivity contribution in [2.75, 3.05) is 18.5 Å². The number of ether oxygens (including phenoxy) is 1. The Labute approximate surface area is 137 Å². The van der Waals surface area contributed by atoms with E-state index < -0.39 is 0 Å². The monoisotopic (exact) mass is 391 g/mol. The van der Waals surface area contributed by atoms with Gasteiger partial charge in [0, 0.05) is 18.7 Å². The number of esters is 1. The summed E-state index contributed by atoms with van der Waals surface area (Å²) in [6, 6.07) is 7.87. The average Bonchev–Trinajstić information content (AvgIpc) is 2.38. The Hall–Kier alpha value is -1.31. The summed E-state index contributed by atoms with van der Waals surface area (Å²) in [7, 11) is 0. The molecule has 0 radical (unpaired) electrons. The molecule has 0 saturated carbocycles. The van der Waals surface area contributed by atoms with E-state index in [1.165, 1.54) is 5.56 Å². The van der Waals surface area contributed by atoms with Gasteiger partial charge in [-0.15, -0.1) is 24.0 Å². The van der Waals surface area contributed by atoms with Crippen LogP contribution in [0.3, 0.4) is 0 Å². The minimum absolute atomic E-state index is 0. The van der Waals surface area contributed by atoms with E-state index in [4.69, 9.17) is 10.5 Å². The number of nitrogens with one attached hydrogen (secondary N) is 1. The van der Waals surface area contributed by atoms with Gasteiger partial charge >= 0.3 is 5.97 Å². The van der Waals surface area contributed by atoms with Crippen LogP contribution in [0.2, 0.25) is 0 Å². The number of hydrogen-bond donors (Lipinski definition) is 2. The van der Waals surface area contributed by atoms with Gasteiger partial charge in [0.1, 0.15) is 0 Å². The Morgan fingerprint density at radius 1 is 1.35 bits per heavy atom. The van der Waals surface area contributed by atoms with Gasteiger partial charge in [0.15, 0.2) is 5.96 Å². The second kappa shape index (κ2) is 10.5. The second-order valence-corrected chi connectivity index (χ2v) is 4.17. The molecule has 0 bridgehead atoms. The molecule has 1 aromatic rings. The molecule has 5 nitrogen and oxygen atoms in total. The Morgan fingerprint density at radius 2 is 2.00 bits per heavy atom. The zero-order valence-electron chi connectivity index (χ0n) is 11.9. The Kier molecular flexibility index (Phi) is 9.79. The second-order valence-electron chi connectivity index (χ2n) is 4.17. The van der Waals surface area contributed by atoms with Gasteiger partial charge in [-0.3, -0.25) is 9.79 Å². The number of halogens is 1. The van der Waals surface area contributed by atoms with Crippen molar-refractivity contribution < 1.29 is 9.53 Å². The van der Waals surface area contributed by atoms with Crippen LogP contribution in [0.25, 0.3) is 0 Å². The summed E-state index contributed by atoms with van der Waals surface area (Å²) < 4.78 is 4.82. The third kappa shape index (κ3) is 7.98. The van der Waals surface area contributed by atoms with Gasteiger partial charge in [-0.25, -0.2) is 0 Å². The quantitative estimate of drug-likeness (QED) is 0.257. The number of aliphatic imine (C=N–C) groups is 1. The van der Waals surface area contributed by atoms with Crippen LogP contribution in [0.5, 0.6) is 0 Å². The lowest BCUT2D eigenvalue weighted by molar-refractivity contribution is -0.143. The fourth-order valence-electron chi connectivity index (χ4n) is 1.48. The highest BCUT2D eigenvalue weighted by atomic mass is 127. The molecule has 0 saturated heterocycles. The molecule has 0 heterocycles. The van der Waals surface area contributed by atoms with Crippen LogP contribution in [0.4, 0.5) is 5.69 Å². The van der Waals surface area contributed by atoms with Crippen molar-refractivity contribution in [3.8, 4) is 0 Å². The standard InChI is InChI=1S/C14H21N3O2.HI/c1-3-19-13(18)5-4-10-16-14(15)17-12-8-6-11(2)7-9-12;/h6-9H,3-5,10H2,1-2H3,(H3,15,16,17);1H. The Bertz CT molecular complexity index is 433. The molecule has 6 heteroatoms. The zero-order chi connectivity index (χ0) is 14.1. The summed E-state index contributed by atoms with van der Waals surface area (Å²) in [4.78, 5) is 15.2. The minimum atomic E-state index is -0.192. The lowest BCUT2D eigenvalue weighted by Gasteiger charge is -2.05. The van der Waals surface area contributed by atoms with Gasteiger partial charge in [-0.05, 0) is 32.4 Å². The summed E-state index contributed by atoms with van der Waals surface area (Å²) in [6.45, 7) is 4.73. The lowest BCUT2D eigenvalue weighted by Crippen LogP contribution is -2.22. The predicted octanol–water partition coefficient (Wildman–Crippen LogP) is 2.68. The topological polar surface area (TPSA) is 76.7 Å². The van der Waals surface area contributed by atoms with E-state index in [2.05, 4.69) is 10.3 Å². The number of carbonyl (C=O) groups is 1. The van der Waals surface area contributed by atoms with Crippen molar-refractivity contribution in [3.05, 3.63) is 29.8 Å². The maximum atomic E-state index is 11.1. The van der Waals surface area contributed by atoms with Crippen LogP contribution in [-0.2, 0) is 9.53 Å². The SMILES string of the molecule is CCOC(=O)CCCN=C(N)Nc1ccc(C)cc1.I. The molecule has 0 aromatic heterocycles. The van der Waals surface area contributed by atoms with Crippen molar-refractivity contribution in [2.45, 2.75) is 26.7 Å². The van der Waals surface area contributed by atoms with E-state index in [1.807, 2.05) is 31.2 Å². The first-order chi connectivity index (χ1) is 9.11. The van der Waals surface area contributed by atoms with Gasteiger partial charge in [0.2, 0.25) is 0 Å². The van der Waals surface area contributed by atoms with Crippen molar-refractivity contribution >= 4 is 41.6 Å². The smallest absolute Gasteiger partial charge is 0.305 e. The molecular weight excluding hydrogens is 369 g/mol. The van der Waals surface area contributed by atoms with Gasteiger partial charge < -0.3 is 15.8 Å². The van der Waals surface area contributed by atoms with Crippen LogP contribution in [0.15, 0.2) is 29.3 Å². The molecule has 0 aliphatic carbocycles. The normalized spacial score (nSPS) is 10.6. The number of nitrogens with two attached hydrogens (primary N) is 1. The maximum absolute atomic E-state index is 11.1. The van der Waals surface area contributed by atoms with E-state index in [-0.39, 0.29) is 29.9 Å². The maximum Gasteiger partial charge on any atom is 0.305 e. The van der Waals surface area contributed by atoms with E-state index in [9.17, 15) is 4.79 Å². The van der Waals surface area contributed by atoms with Gasteiger partial charge in [0.25, 0.3) is 0 Å². The van der Waals surface area contributed by atoms with Crippen molar-refractivity contribution in [1.29, 1.82) is 0 Å². The largest absolute Gasteiger partial charge is 0.466 e.